The van der Waals surface area contributed by atoms with E-state index in [0.29, 0.717) is 6.61 Å². The van der Waals surface area contributed by atoms with E-state index in [-0.39, 0.29) is 24.6 Å². The highest BCUT2D eigenvalue weighted by molar-refractivity contribution is 5.72. The second-order valence-corrected chi connectivity index (χ2v) is 5.16. The highest BCUT2D eigenvalue weighted by Crippen LogP contribution is 2.36. The first-order valence-corrected chi connectivity index (χ1v) is 5.81. The van der Waals surface area contributed by atoms with Crippen molar-refractivity contribution >= 4 is 5.97 Å². The van der Waals surface area contributed by atoms with E-state index >= 15 is 0 Å². The quantitative estimate of drug-likeness (QED) is 0.583. The van der Waals surface area contributed by atoms with E-state index < -0.39 is 24.1 Å². The molecule has 17 heavy (non-hydrogen) atoms. The minimum atomic E-state index is -0.853. The Labute approximate surface area is 98.8 Å². The standard InChI is InChI=1S/C11H16O6/c1-11(2)14-4-6-10(17-11)8(13)9-5(15-6)3-7(12)16-9/h5-6,8-10,13H,3-4H2,1-2H3/t5-,6-,8-,9+,10+/m1/s1. The van der Waals surface area contributed by atoms with Crippen LogP contribution < -0.4 is 0 Å². The first kappa shape index (κ1) is 11.4. The second kappa shape index (κ2) is 3.65. The summed E-state index contributed by atoms with van der Waals surface area (Å²) in [5.41, 5.74) is 0. The van der Waals surface area contributed by atoms with Crippen LogP contribution in [0.3, 0.4) is 0 Å². The van der Waals surface area contributed by atoms with Crippen LogP contribution in [0, 0.1) is 0 Å². The SMILES string of the molecule is CC1(C)OC[C@H]2O[C@@H]3CC(=O)O[C@@H]3[C@@H](O)[C@H]2O1. The lowest BCUT2D eigenvalue weighted by molar-refractivity contribution is -0.352. The summed E-state index contributed by atoms with van der Waals surface area (Å²) < 4.78 is 21.9. The molecule has 0 spiro atoms. The minimum absolute atomic E-state index is 0.189. The number of aliphatic hydroxyl groups is 1. The summed E-state index contributed by atoms with van der Waals surface area (Å²) >= 11 is 0. The van der Waals surface area contributed by atoms with Crippen LogP contribution in [0.4, 0.5) is 0 Å². The zero-order valence-electron chi connectivity index (χ0n) is 9.79. The molecule has 0 radical (unpaired) electrons. The fourth-order valence-electron chi connectivity index (χ4n) is 2.60. The van der Waals surface area contributed by atoms with Crippen molar-refractivity contribution < 1.29 is 28.8 Å². The van der Waals surface area contributed by atoms with Gasteiger partial charge in [-0.2, -0.15) is 0 Å². The molecule has 0 saturated carbocycles. The van der Waals surface area contributed by atoms with Crippen LogP contribution in [0.5, 0.6) is 0 Å². The fourth-order valence-corrected chi connectivity index (χ4v) is 2.60. The van der Waals surface area contributed by atoms with Gasteiger partial charge in [-0.3, -0.25) is 4.79 Å². The van der Waals surface area contributed by atoms with E-state index in [2.05, 4.69) is 0 Å². The van der Waals surface area contributed by atoms with E-state index in [1.807, 2.05) is 0 Å². The Morgan fingerprint density at radius 2 is 2.06 bits per heavy atom. The van der Waals surface area contributed by atoms with E-state index in [1.54, 1.807) is 13.8 Å². The molecule has 3 heterocycles. The molecule has 0 bridgehead atoms. The summed E-state index contributed by atoms with van der Waals surface area (Å²) in [6.07, 6.45) is -2.51. The topological polar surface area (TPSA) is 74.2 Å². The third-order valence-electron chi connectivity index (χ3n) is 3.41. The van der Waals surface area contributed by atoms with Crippen LogP contribution in [-0.4, -0.2) is 54.0 Å². The molecule has 0 aromatic rings. The summed E-state index contributed by atoms with van der Waals surface area (Å²) in [5, 5.41) is 10.2. The minimum Gasteiger partial charge on any atom is -0.457 e. The lowest BCUT2D eigenvalue weighted by Crippen LogP contribution is -2.63. The number of carbonyl (C=O) groups is 1. The monoisotopic (exact) mass is 244 g/mol. The number of fused-ring (bicyclic) bond motifs is 2. The van der Waals surface area contributed by atoms with Crippen LogP contribution in [0.1, 0.15) is 20.3 Å². The number of aliphatic hydroxyl groups excluding tert-OH is 1. The van der Waals surface area contributed by atoms with Gasteiger partial charge in [-0.15, -0.1) is 0 Å². The van der Waals surface area contributed by atoms with Crippen molar-refractivity contribution in [3.8, 4) is 0 Å². The zero-order valence-corrected chi connectivity index (χ0v) is 9.79. The maximum absolute atomic E-state index is 11.2. The Bertz CT molecular complexity index is 341. The maximum Gasteiger partial charge on any atom is 0.309 e. The van der Waals surface area contributed by atoms with Crippen molar-refractivity contribution in [2.75, 3.05) is 6.61 Å². The molecule has 0 aromatic heterocycles. The zero-order chi connectivity index (χ0) is 12.2. The molecule has 3 aliphatic rings. The summed E-state index contributed by atoms with van der Waals surface area (Å²) in [5.74, 6) is -1.08. The van der Waals surface area contributed by atoms with Gasteiger partial charge in [-0.1, -0.05) is 0 Å². The molecule has 3 rings (SSSR count). The highest BCUT2D eigenvalue weighted by atomic mass is 16.7. The molecule has 96 valence electrons. The normalized spacial score (nSPS) is 48.2. The van der Waals surface area contributed by atoms with E-state index in [9.17, 15) is 9.90 Å². The molecule has 0 unspecified atom stereocenters. The Hall–Kier alpha value is -0.690. The number of rotatable bonds is 0. The number of hydrogen-bond donors (Lipinski definition) is 1. The van der Waals surface area contributed by atoms with Crippen molar-refractivity contribution in [3.63, 3.8) is 0 Å². The first-order chi connectivity index (χ1) is 7.96. The van der Waals surface area contributed by atoms with Crippen molar-refractivity contribution in [1.82, 2.24) is 0 Å². The number of hydrogen-bond acceptors (Lipinski definition) is 6. The summed E-state index contributed by atoms with van der Waals surface area (Å²) in [6.45, 7) is 3.91. The molecule has 3 fully saturated rings. The Morgan fingerprint density at radius 3 is 2.82 bits per heavy atom. The van der Waals surface area contributed by atoms with Crippen molar-refractivity contribution in [1.29, 1.82) is 0 Å². The summed E-state index contributed by atoms with van der Waals surface area (Å²) in [7, 11) is 0. The largest absolute Gasteiger partial charge is 0.457 e. The predicted molar refractivity (Wildman–Crippen MR) is 54.1 cm³/mol. The molecular formula is C11H16O6. The van der Waals surface area contributed by atoms with Gasteiger partial charge < -0.3 is 24.1 Å². The highest BCUT2D eigenvalue weighted by Gasteiger charge is 2.54. The smallest absolute Gasteiger partial charge is 0.309 e. The molecule has 0 aliphatic carbocycles. The third-order valence-corrected chi connectivity index (χ3v) is 3.41. The van der Waals surface area contributed by atoms with Gasteiger partial charge in [0.05, 0.1) is 13.0 Å². The number of carbonyl (C=O) groups excluding carboxylic acids is 1. The van der Waals surface area contributed by atoms with Crippen LogP contribution in [-0.2, 0) is 23.7 Å². The average molecular weight is 244 g/mol. The van der Waals surface area contributed by atoms with Gasteiger partial charge in [0.2, 0.25) is 0 Å². The fraction of sp³-hybridized carbons (Fsp3) is 0.909. The third kappa shape index (κ3) is 1.85. The molecule has 6 nitrogen and oxygen atoms in total. The lowest BCUT2D eigenvalue weighted by atomic mass is 9.94. The molecule has 6 heteroatoms. The molecule has 1 N–H and O–H groups in total. The Morgan fingerprint density at radius 1 is 1.29 bits per heavy atom. The van der Waals surface area contributed by atoms with Crippen molar-refractivity contribution in [2.45, 2.75) is 56.6 Å². The summed E-state index contributed by atoms with van der Waals surface area (Å²) in [4.78, 5) is 11.2. The molecular weight excluding hydrogens is 228 g/mol. The second-order valence-electron chi connectivity index (χ2n) is 5.16. The van der Waals surface area contributed by atoms with Gasteiger partial charge in [0.1, 0.15) is 24.4 Å². The molecule has 0 aromatic carbocycles. The van der Waals surface area contributed by atoms with Crippen LogP contribution in [0.15, 0.2) is 0 Å². The van der Waals surface area contributed by atoms with Crippen molar-refractivity contribution in [2.24, 2.45) is 0 Å². The average Bonchev–Trinajstić information content (AvgIpc) is 2.60. The van der Waals surface area contributed by atoms with Crippen LogP contribution in [0.25, 0.3) is 0 Å². The Kier molecular flexibility index (Phi) is 2.45. The maximum atomic E-state index is 11.2. The van der Waals surface area contributed by atoms with E-state index in [0.717, 1.165) is 0 Å². The number of ether oxygens (including phenoxy) is 4. The predicted octanol–water partition coefficient (Wildman–Crippen LogP) is -0.418. The molecule has 0 amide bonds. The van der Waals surface area contributed by atoms with Gasteiger partial charge in [0, 0.05) is 0 Å². The molecule has 3 saturated heterocycles. The van der Waals surface area contributed by atoms with Gasteiger partial charge in [0.25, 0.3) is 0 Å². The van der Waals surface area contributed by atoms with Crippen LogP contribution >= 0.6 is 0 Å². The first-order valence-electron chi connectivity index (χ1n) is 5.81. The lowest BCUT2D eigenvalue weighted by Gasteiger charge is -2.47. The molecule has 3 aliphatic heterocycles. The van der Waals surface area contributed by atoms with E-state index in [4.69, 9.17) is 18.9 Å². The van der Waals surface area contributed by atoms with Crippen molar-refractivity contribution in [3.05, 3.63) is 0 Å². The van der Waals surface area contributed by atoms with Gasteiger partial charge in [-0.25, -0.2) is 0 Å². The van der Waals surface area contributed by atoms with Crippen LogP contribution in [0.2, 0.25) is 0 Å². The van der Waals surface area contributed by atoms with Gasteiger partial charge in [-0.05, 0) is 13.8 Å². The van der Waals surface area contributed by atoms with E-state index in [1.165, 1.54) is 0 Å². The van der Waals surface area contributed by atoms with Gasteiger partial charge >= 0.3 is 5.97 Å². The molecule has 5 atom stereocenters. The summed E-state index contributed by atoms with van der Waals surface area (Å²) in [6, 6.07) is 0. The Balaban J connectivity index is 1.80. The van der Waals surface area contributed by atoms with Gasteiger partial charge in [0.15, 0.2) is 11.9 Å². The number of esters is 1.